The SMILES string of the molecule is CC1CNC(Cc2cccc(O)c2)OC1.Cl. The van der Waals surface area contributed by atoms with Crippen LogP contribution in [0.1, 0.15) is 12.5 Å². The molecule has 1 saturated heterocycles. The molecular weight excluding hydrogens is 226 g/mol. The molecule has 2 N–H and O–H groups in total. The second-order valence-corrected chi connectivity index (χ2v) is 4.21. The summed E-state index contributed by atoms with van der Waals surface area (Å²) in [5.41, 5.74) is 1.10. The van der Waals surface area contributed by atoms with Crippen LogP contribution in [0.4, 0.5) is 0 Å². The summed E-state index contributed by atoms with van der Waals surface area (Å²) in [5, 5.41) is 12.7. The van der Waals surface area contributed by atoms with Gasteiger partial charge in [0, 0.05) is 13.0 Å². The van der Waals surface area contributed by atoms with Crippen molar-refractivity contribution in [1.82, 2.24) is 5.32 Å². The van der Waals surface area contributed by atoms with E-state index in [4.69, 9.17) is 4.74 Å². The lowest BCUT2D eigenvalue weighted by atomic mass is 10.1. The van der Waals surface area contributed by atoms with Crippen molar-refractivity contribution in [2.45, 2.75) is 19.6 Å². The molecule has 0 radical (unpaired) electrons. The third-order valence-electron chi connectivity index (χ3n) is 2.61. The molecule has 1 aliphatic heterocycles. The van der Waals surface area contributed by atoms with Crippen molar-refractivity contribution in [2.24, 2.45) is 5.92 Å². The minimum absolute atomic E-state index is 0. The Hall–Kier alpha value is -0.770. The van der Waals surface area contributed by atoms with Gasteiger partial charge in [-0.2, -0.15) is 0 Å². The van der Waals surface area contributed by atoms with Crippen LogP contribution in [0.25, 0.3) is 0 Å². The number of hydrogen-bond acceptors (Lipinski definition) is 3. The standard InChI is InChI=1S/C12H17NO2.ClH/c1-9-7-13-12(15-8-9)6-10-3-2-4-11(14)5-10;/h2-5,9,12-14H,6-8H2,1H3;1H. The Morgan fingerprint density at radius 3 is 2.94 bits per heavy atom. The van der Waals surface area contributed by atoms with Crippen molar-refractivity contribution in [2.75, 3.05) is 13.2 Å². The van der Waals surface area contributed by atoms with E-state index in [1.165, 1.54) is 0 Å². The van der Waals surface area contributed by atoms with Gasteiger partial charge in [0.05, 0.1) is 6.61 Å². The highest BCUT2D eigenvalue weighted by Crippen LogP contribution is 2.14. The lowest BCUT2D eigenvalue weighted by molar-refractivity contribution is -0.0228. The normalized spacial score (nSPS) is 24.8. The molecule has 2 unspecified atom stereocenters. The number of hydrogen-bond donors (Lipinski definition) is 2. The van der Waals surface area contributed by atoms with Gasteiger partial charge in [0.2, 0.25) is 0 Å². The topological polar surface area (TPSA) is 41.5 Å². The van der Waals surface area contributed by atoms with Crippen molar-refractivity contribution in [1.29, 1.82) is 0 Å². The lowest BCUT2D eigenvalue weighted by Gasteiger charge is -2.28. The molecular formula is C12H18ClNO2. The maximum Gasteiger partial charge on any atom is 0.115 e. The molecule has 1 aromatic rings. The molecule has 1 aromatic carbocycles. The van der Waals surface area contributed by atoms with Crippen molar-refractivity contribution >= 4 is 12.4 Å². The summed E-state index contributed by atoms with van der Waals surface area (Å²) in [6.07, 6.45) is 0.893. The van der Waals surface area contributed by atoms with Crippen LogP contribution in [-0.2, 0) is 11.2 Å². The van der Waals surface area contributed by atoms with Gasteiger partial charge in [-0.15, -0.1) is 12.4 Å². The minimum atomic E-state index is 0. The van der Waals surface area contributed by atoms with Gasteiger partial charge in [0.25, 0.3) is 0 Å². The predicted molar refractivity (Wildman–Crippen MR) is 66.0 cm³/mol. The molecule has 0 aromatic heterocycles. The molecule has 2 atom stereocenters. The van der Waals surface area contributed by atoms with Gasteiger partial charge in [-0.25, -0.2) is 0 Å². The first-order valence-electron chi connectivity index (χ1n) is 5.37. The first-order chi connectivity index (χ1) is 7.24. The van der Waals surface area contributed by atoms with E-state index in [0.717, 1.165) is 25.1 Å². The molecule has 3 nitrogen and oxygen atoms in total. The number of nitrogens with one attached hydrogen (secondary N) is 1. The summed E-state index contributed by atoms with van der Waals surface area (Å²) in [6.45, 7) is 3.98. The number of phenolic OH excluding ortho intramolecular Hbond substituents is 1. The Bertz CT molecular complexity index is 325. The van der Waals surface area contributed by atoms with Crippen LogP contribution in [0.5, 0.6) is 5.75 Å². The number of rotatable bonds is 2. The second-order valence-electron chi connectivity index (χ2n) is 4.21. The smallest absolute Gasteiger partial charge is 0.115 e. The molecule has 0 saturated carbocycles. The van der Waals surface area contributed by atoms with Gasteiger partial charge in [-0.1, -0.05) is 19.1 Å². The highest BCUT2D eigenvalue weighted by atomic mass is 35.5. The summed E-state index contributed by atoms with van der Waals surface area (Å²) in [4.78, 5) is 0. The van der Waals surface area contributed by atoms with E-state index < -0.39 is 0 Å². The van der Waals surface area contributed by atoms with Crippen LogP contribution in [0.2, 0.25) is 0 Å². The molecule has 0 amide bonds. The van der Waals surface area contributed by atoms with Crippen LogP contribution in [-0.4, -0.2) is 24.5 Å². The van der Waals surface area contributed by atoms with Crippen molar-refractivity contribution in [3.63, 3.8) is 0 Å². The summed E-state index contributed by atoms with van der Waals surface area (Å²) in [6, 6.07) is 7.32. The Balaban J connectivity index is 0.00000128. The monoisotopic (exact) mass is 243 g/mol. The maximum absolute atomic E-state index is 9.32. The number of ether oxygens (including phenoxy) is 1. The van der Waals surface area contributed by atoms with Crippen LogP contribution in [0.15, 0.2) is 24.3 Å². The Kier molecular flexibility index (Phi) is 5.06. The van der Waals surface area contributed by atoms with E-state index in [1.807, 2.05) is 12.1 Å². The highest BCUT2D eigenvalue weighted by molar-refractivity contribution is 5.85. The lowest BCUT2D eigenvalue weighted by Crippen LogP contribution is -2.43. The molecule has 0 bridgehead atoms. The number of aromatic hydroxyl groups is 1. The van der Waals surface area contributed by atoms with E-state index in [1.54, 1.807) is 12.1 Å². The largest absolute Gasteiger partial charge is 0.508 e. The molecule has 1 heterocycles. The number of benzene rings is 1. The van der Waals surface area contributed by atoms with Gasteiger partial charge < -0.3 is 9.84 Å². The van der Waals surface area contributed by atoms with Crippen LogP contribution < -0.4 is 5.32 Å². The van der Waals surface area contributed by atoms with E-state index in [9.17, 15) is 5.11 Å². The Labute approximate surface area is 102 Å². The van der Waals surface area contributed by atoms with E-state index in [0.29, 0.717) is 11.7 Å². The fourth-order valence-electron chi connectivity index (χ4n) is 1.76. The molecule has 4 heteroatoms. The van der Waals surface area contributed by atoms with E-state index >= 15 is 0 Å². The average molecular weight is 244 g/mol. The fourth-order valence-corrected chi connectivity index (χ4v) is 1.76. The van der Waals surface area contributed by atoms with Crippen molar-refractivity contribution in [3.05, 3.63) is 29.8 Å². The van der Waals surface area contributed by atoms with Crippen LogP contribution in [0, 0.1) is 5.92 Å². The number of phenols is 1. The zero-order valence-electron chi connectivity index (χ0n) is 9.35. The summed E-state index contributed by atoms with van der Waals surface area (Å²) in [7, 11) is 0. The molecule has 0 aliphatic carbocycles. The van der Waals surface area contributed by atoms with Crippen LogP contribution in [0.3, 0.4) is 0 Å². The molecule has 2 rings (SSSR count). The van der Waals surface area contributed by atoms with Crippen molar-refractivity contribution < 1.29 is 9.84 Å². The Morgan fingerprint density at radius 2 is 2.31 bits per heavy atom. The molecule has 90 valence electrons. The zero-order chi connectivity index (χ0) is 10.7. The first kappa shape index (κ1) is 13.3. The van der Waals surface area contributed by atoms with Crippen LogP contribution >= 0.6 is 12.4 Å². The highest BCUT2D eigenvalue weighted by Gasteiger charge is 2.17. The quantitative estimate of drug-likeness (QED) is 0.834. The molecule has 16 heavy (non-hydrogen) atoms. The average Bonchev–Trinajstić information content (AvgIpc) is 2.22. The fraction of sp³-hybridized carbons (Fsp3) is 0.500. The molecule has 0 spiro atoms. The maximum atomic E-state index is 9.32. The van der Waals surface area contributed by atoms with Gasteiger partial charge in [-0.3, -0.25) is 5.32 Å². The third kappa shape index (κ3) is 3.67. The Morgan fingerprint density at radius 1 is 1.50 bits per heavy atom. The molecule has 1 fully saturated rings. The first-order valence-corrected chi connectivity index (χ1v) is 5.37. The van der Waals surface area contributed by atoms with Gasteiger partial charge in [-0.05, 0) is 23.6 Å². The second kappa shape index (κ2) is 6.09. The number of halogens is 1. The summed E-state index contributed by atoms with van der Waals surface area (Å²) < 4.78 is 5.64. The molecule has 1 aliphatic rings. The van der Waals surface area contributed by atoms with Gasteiger partial charge in [0.15, 0.2) is 0 Å². The van der Waals surface area contributed by atoms with Crippen molar-refractivity contribution in [3.8, 4) is 5.75 Å². The predicted octanol–water partition coefficient (Wildman–Crippen LogP) is 1.94. The summed E-state index contributed by atoms with van der Waals surface area (Å²) in [5.74, 6) is 0.905. The van der Waals surface area contributed by atoms with E-state index in [2.05, 4.69) is 12.2 Å². The third-order valence-corrected chi connectivity index (χ3v) is 2.61. The minimum Gasteiger partial charge on any atom is -0.508 e. The summed E-state index contributed by atoms with van der Waals surface area (Å²) >= 11 is 0. The van der Waals surface area contributed by atoms with E-state index in [-0.39, 0.29) is 18.6 Å². The van der Waals surface area contributed by atoms with Gasteiger partial charge in [0.1, 0.15) is 12.0 Å². The van der Waals surface area contributed by atoms with Gasteiger partial charge >= 0.3 is 0 Å². The zero-order valence-corrected chi connectivity index (χ0v) is 10.2.